The van der Waals surface area contributed by atoms with Crippen LogP contribution in [-0.4, -0.2) is 266 Å². The molecule has 110 heavy (non-hydrogen) atoms. The molecule has 6 N–H and O–H groups in total. The molecule has 0 bridgehead atoms. The number of benzene rings is 5. The van der Waals surface area contributed by atoms with E-state index in [9.17, 15) is 33.6 Å². The molecule has 0 radical (unpaired) electrons. The van der Waals surface area contributed by atoms with Crippen LogP contribution in [0.15, 0.2) is 159 Å². The maximum absolute atomic E-state index is 13.5. The molecule has 5 aliphatic rings. The number of likely N-dealkylation sites (N-methyl/N-ethyl adjacent to an activating group) is 3. The quantitative estimate of drug-likeness (QED) is 0.0256. The fraction of sp³-hybridized carbons (Fsp3) is 0.469. The molecule has 6 amide bonds. The van der Waals surface area contributed by atoms with Crippen molar-refractivity contribution in [1.82, 2.24) is 90.3 Å². The van der Waals surface area contributed by atoms with Crippen LogP contribution in [0.25, 0.3) is 17.1 Å². The lowest BCUT2D eigenvalue weighted by Crippen LogP contribution is -2.54. The lowest BCUT2D eigenvalue weighted by molar-refractivity contribution is -0.135. The van der Waals surface area contributed by atoms with E-state index in [1.807, 2.05) is 55.4 Å². The van der Waals surface area contributed by atoms with Crippen LogP contribution in [0.1, 0.15) is 141 Å². The number of carbonyl (C=O) groups is 7. The summed E-state index contributed by atoms with van der Waals surface area (Å²) in [5, 5.41) is 41.0. The van der Waals surface area contributed by atoms with Crippen molar-refractivity contribution in [3.05, 3.63) is 186 Å². The van der Waals surface area contributed by atoms with E-state index in [1.54, 1.807) is 136 Å². The van der Waals surface area contributed by atoms with Gasteiger partial charge in [-0.1, -0.05) is 75.0 Å². The van der Waals surface area contributed by atoms with Gasteiger partial charge < -0.3 is 70.5 Å². The summed E-state index contributed by atoms with van der Waals surface area (Å²) in [5.41, 5.74) is 12.3. The molecule has 13 rings (SSSR count). The predicted octanol–water partition coefficient (Wildman–Crippen LogP) is 6.96. The SMILES string of the molecule is C.C.C.CN1CCN(C(=O)[C@H](CCC=O)NC(=O)c2ccc(-n3ccnn3)cc2)CC1.CN1CCN(C(=O)[C@H](CCCO)NC(=O)c2ccc(-n3ccnn3)cc2)CC1.COc1ccc([C@@H]2C[C@H]2CCCC[C@H](NC(=O)c2ccc(-n3ccnn3)cc2)C(=O)N2CCN(C)CC2)cc1.COc1ccc([C@@H]2C[C@H]2N)cc1. The zero-order chi connectivity index (χ0) is 75.6. The molecule has 7 atom stereocenters. The van der Waals surface area contributed by atoms with Crippen LogP contribution in [-0.2, 0) is 19.2 Å². The van der Waals surface area contributed by atoms with Crippen molar-refractivity contribution in [2.45, 2.75) is 122 Å². The van der Waals surface area contributed by atoms with Crippen molar-refractivity contribution in [3.63, 3.8) is 0 Å². The predicted molar refractivity (Wildman–Crippen MR) is 423 cm³/mol. The molecule has 2 aliphatic carbocycles. The number of aldehydes is 1. The number of carbonyl (C=O) groups excluding carboxylic acids is 7. The fourth-order valence-corrected chi connectivity index (χ4v) is 13.1. The topological polar surface area (TPSA) is 332 Å². The third-order valence-corrected chi connectivity index (χ3v) is 20.1. The van der Waals surface area contributed by atoms with E-state index in [1.165, 1.54) is 17.5 Å². The highest BCUT2D eigenvalue weighted by Gasteiger charge is 2.38. The summed E-state index contributed by atoms with van der Waals surface area (Å²) in [7, 11) is 9.47. The highest BCUT2D eigenvalue weighted by Crippen LogP contribution is 2.50. The first kappa shape index (κ1) is 86.6. The Balaban J connectivity index is 0.000000213. The Morgan fingerprint density at radius 1 is 0.464 bits per heavy atom. The largest absolute Gasteiger partial charge is 0.497 e. The van der Waals surface area contributed by atoms with E-state index >= 15 is 0 Å². The maximum Gasteiger partial charge on any atom is 0.251 e. The van der Waals surface area contributed by atoms with Crippen LogP contribution in [0.5, 0.6) is 11.5 Å². The normalized spacial score (nSPS) is 18.1. The first-order chi connectivity index (χ1) is 52.0. The molecular formula is C81H113N19O10. The summed E-state index contributed by atoms with van der Waals surface area (Å²) in [6.07, 6.45) is 18.2. The van der Waals surface area contributed by atoms with Gasteiger partial charge >= 0.3 is 0 Å². The number of rotatable bonds is 27. The lowest BCUT2D eigenvalue weighted by atomic mass is 10.0. The summed E-state index contributed by atoms with van der Waals surface area (Å²) in [5.74, 6) is 2.63. The monoisotopic (exact) mass is 1510 g/mol. The Morgan fingerprint density at radius 2 is 0.791 bits per heavy atom. The molecule has 3 aromatic heterocycles. The number of aliphatic hydroxyl groups excluding tert-OH is 1. The maximum atomic E-state index is 13.5. The number of unbranched alkanes of at least 4 members (excludes halogenated alkanes) is 1. The summed E-state index contributed by atoms with van der Waals surface area (Å²) >= 11 is 0. The number of hydrogen-bond acceptors (Lipinski definition) is 20. The van der Waals surface area contributed by atoms with Gasteiger partial charge in [-0.05, 0) is 186 Å². The Morgan fingerprint density at radius 3 is 1.09 bits per heavy atom. The standard InChI is InChI=1S/C30H38N6O3.C19H26N6O3.C19H24N6O3.C10H13NO.3CH4/c1-34-17-19-35(20-18-34)30(38)28(32-29(37)23-7-11-25(12-8-23)36-16-15-31-33-36)6-4-3-5-24-21-27(24)22-9-13-26(39-2)14-10-22;2*1-23-10-12-24(13-11-23)19(28)17(3-2-14-26)21-18(27)15-4-6-16(7-5-15)25-9-8-20-22-25;1-12-8-4-2-7(3-5-8)9-6-10(9)11;;;/h7-16,24,27-28H,3-6,17-21H2,1-2H3,(H,32,37);4-9,17,26H,2-3,10-14H2,1H3,(H,21,27);4-9,14,17H,2-3,10-13H2,1H3,(H,21,27);2-5,9-10H,6,11H2,1H3;3*1H4/t24-,27+,28+;2*17-;9-,10+;;;/m1000.../s1. The minimum atomic E-state index is -0.712. The van der Waals surface area contributed by atoms with Crippen LogP contribution in [0, 0.1) is 5.92 Å². The van der Waals surface area contributed by atoms with Crippen LogP contribution in [0.4, 0.5) is 0 Å². The fourth-order valence-electron chi connectivity index (χ4n) is 13.1. The number of nitrogens with zero attached hydrogens (tertiary/aromatic N) is 15. The van der Waals surface area contributed by atoms with E-state index in [0.717, 1.165) is 99.8 Å². The summed E-state index contributed by atoms with van der Waals surface area (Å²) in [4.78, 5) is 100. The Bertz CT molecular complexity index is 4060. The smallest absolute Gasteiger partial charge is 0.251 e. The summed E-state index contributed by atoms with van der Waals surface area (Å²) < 4.78 is 15.2. The molecule has 592 valence electrons. The zero-order valence-corrected chi connectivity index (χ0v) is 61.8. The second-order valence-corrected chi connectivity index (χ2v) is 27.7. The number of aromatic nitrogens is 9. The molecule has 6 heterocycles. The molecule has 3 saturated heterocycles. The Kier molecular flexibility index (Phi) is 34.3. The van der Waals surface area contributed by atoms with Crippen LogP contribution in [0.3, 0.4) is 0 Å². The number of amides is 6. The van der Waals surface area contributed by atoms with E-state index in [4.69, 9.17) is 20.3 Å². The molecule has 29 heteroatoms. The molecule has 0 unspecified atom stereocenters. The van der Waals surface area contributed by atoms with Gasteiger partial charge in [-0.3, -0.25) is 28.8 Å². The average molecular weight is 1510 g/mol. The van der Waals surface area contributed by atoms with E-state index in [0.29, 0.717) is 99.0 Å². The van der Waals surface area contributed by atoms with Crippen molar-refractivity contribution < 1.29 is 48.1 Å². The second-order valence-electron chi connectivity index (χ2n) is 27.7. The van der Waals surface area contributed by atoms with Crippen molar-refractivity contribution in [1.29, 1.82) is 0 Å². The summed E-state index contributed by atoms with van der Waals surface area (Å²) in [6, 6.07) is 36.0. The number of nitrogens with one attached hydrogen (secondary N) is 3. The lowest BCUT2D eigenvalue weighted by Gasteiger charge is -2.34. The Hall–Kier alpha value is -10.6. The molecule has 5 fully saturated rings. The minimum absolute atomic E-state index is 0. The van der Waals surface area contributed by atoms with Crippen LogP contribution in [0.2, 0.25) is 0 Å². The van der Waals surface area contributed by atoms with Crippen LogP contribution < -0.4 is 31.2 Å². The highest BCUT2D eigenvalue weighted by molar-refractivity contribution is 5.99. The van der Waals surface area contributed by atoms with Crippen LogP contribution >= 0.6 is 0 Å². The molecule has 2 saturated carbocycles. The molecule has 29 nitrogen and oxygen atoms in total. The molecular weight excluding hydrogens is 1400 g/mol. The molecule has 3 aliphatic heterocycles. The minimum Gasteiger partial charge on any atom is -0.497 e. The number of piperazine rings is 3. The van der Waals surface area contributed by atoms with Crippen molar-refractivity contribution in [2.75, 3.05) is 121 Å². The third kappa shape index (κ3) is 25.2. The first-order valence-corrected chi connectivity index (χ1v) is 36.8. The number of aliphatic hydroxyl groups is 1. The van der Waals surface area contributed by atoms with Gasteiger partial charge in [-0.15, -0.1) is 15.3 Å². The van der Waals surface area contributed by atoms with Gasteiger partial charge in [0.15, 0.2) is 0 Å². The van der Waals surface area contributed by atoms with Gasteiger partial charge in [0.25, 0.3) is 17.7 Å². The number of ether oxygens (including phenoxy) is 2. The number of nitrogens with two attached hydrogens (primary N) is 1. The van der Waals surface area contributed by atoms with Crippen molar-refractivity contribution >= 4 is 41.7 Å². The second kappa shape index (κ2) is 43.6. The van der Waals surface area contributed by atoms with E-state index in [-0.39, 0.29) is 77.2 Å². The van der Waals surface area contributed by atoms with Gasteiger partial charge in [0.05, 0.1) is 68.5 Å². The van der Waals surface area contributed by atoms with E-state index < -0.39 is 18.1 Å². The zero-order valence-electron chi connectivity index (χ0n) is 61.8. The number of methoxy groups -OCH3 is 2. The van der Waals surface area contributed by atoms with Crippen molar-refractivity contribution in [3.8, 4) is 28.6 Å². The molecule has 0 spiro atoms. The van der Waals surface area contributed by atoms with E-state index in [2.05, 4.69) is 92.9 Å². The van der Waals surface area contributed by atoms with Gasteiger partial charge in [0.1, 0.15) is 35.9 Å². The van der Waals surface area contributed by atoms with Crippen molar-refractivity contribution in [2.24, 2.45) is 11.7 Å². The number of hydrogen-bond donors (Lipinski definition) is 5. The first-order valence-electron chi connectivity index (χ1n) is 36.8. The highest BCUT2D eigenvalue weighted by atomic mass is 16.5. The van der Waals surface area contributed by atoms with Gasteiger partial charge in [-0.25, -0.2) is 14.0 Å². The average Bonchev–Trinajstić information content (AvgIpc) is 1.62. The molecule has 5 aromatic carbocycles. The van der Waals surface area contributed by atoms with Gasteiger partial charge in [0.2, 0.25) is 17.7 Å². The Labute approximate surface area is 646 Å². The third-order valence-electron chi connectivity index (χ3n) is 20.1. The van der Waals surface area contributed by atoms with Gasteiger partial charge in [0, 0.05) is 120 Å². The van der Waals surface area contributed by atoms with Gasteiger partial charge in [-0.2, -0.15) is 0 Å². The molecule has 8 aromatic rings. The summed E-state index contributed by atoms with van der Waals surface area (Å²) in [6.45, 7) is 8.83.